The van der Waals surface area contributed by atoms with Gasteiger partial charge in [-0.05, 0) is 30.2 Å². The van der Waals surface area contributed by atoms with Gasteiger partial charge in [-0.1, -0.05) is 25.4 Å². The van der Waals surface area contributed by atoms with Crippen LogP contribution in [-0.4, -0.2) is 19.0 Å². The van der Waals surface area contributed by atoms with Gasteiger partial charge in [-0.3, -0.25) is 4.79 Å². The number of rotatable bonds is 4. The van der Waals surface area contributed by atoms with Gasteiger partial charge in [-0.25, -0.2) is 0 Å². The third-order valence-electron chi connectivity index (χ3n) is 2.84. The highest BCUT2D eigenvalue weighted by molar-refractivity contribution is 6.31. The minimum absolute atomic E-state index is 0.0966. The second-order valence-corrected chi connectivity index (χ2v) is 4.99. The van der Waals surface area contributed by atoms with E-state index in [-0.39, 0.29) is 11.7 Å². The van der Waals surface area contributed by atoms with Crippen molar-refractivity contribution in [3.63, 3.8) is 0 Å². The van der Waals surface area contributed by atoms with Gasteiger partial charge in [-0.15, -0.1) is 0 Å². The smallest absolute Gasteiger partial charge is 0.226 e. The molecule has 0 aliphatic rings. The van der Waals surface area contributed by atoms with Crippen molar-refractivity contribution in [3.05, 3.63) is 35.0 Å². The maximum atomic E-state index is 12.2. The van der Waals surface area contributed by atoms with E-state index in [9.17, 15) is 4.79 Å². The summed E-state index contributed by atoms with van der Waals surface area (Å²) in [5.74, 6) is 0.270. The zero-order valence-corrected chi connectivity index (χ0v) is 11.3. The molecule has 1 unspecified atom stereocenters. The zero-order chi connectivity index (χ0) is 13.3. The van der Waals surface area contributed by atoms with Crippen LogP contribution in [0.15, 0.2) is 28.7 Å². The summed E-state index contributed by atoms with van der Waals surface area (Å²) in [6.45, 7) is 3.87. The Morgan fingerprint density at radius 1 is 1.33 bits per heavy atom. The quantitative estimate of drug-likeness (QED) is 0.787. The van der Waals surface area contributed by atoms with Gasteiger partial charge < -0.3 is 9.15 Å². The molecule has 1 aromatic carbocycles. The standard InChI is InChI=1S/C14H15ClO3/c1-8(2)14(17-3)13(16)12-7-9-6-10(15)4-5-11(9)18-12/h4-8,14H,1-3H3. The Morgan fingerprint density at radius 3 is 2.67 bits per heavy atom. The highest BCUT2D eigenvalue weighted by atomic mass is 35.5. The maximum absolute atomic E-state index is 12.2. The van der Waals surface area contributed by atoms with E-state index in [1.165, 1.54) is 7.11 Å². The first kappa shape index (κ1) is 13.1. The Hall–Kier alpha value is -1.32. The van der Waals surface area contributed by atoms with Gasteiger partial charge in [0.2, 0.25) is 5.78 Å². The molecule has 0 amide bonds. The number of carbonyl (C=O) groups excluding carboxylic acids is 1. The number of methoxy groups -OCH3 is 1. The van der Waals surface area contributed by atoms with Crippen LogP contribution in [0.2, 0.25) is 5.02 Å². The molecule has 0 saturated carbocycles. The molecule has 0 N–H and O–H groups in total. The van der Waals surface area contributed by atoms with Gasteiger partial charge in [0.25, 0.3) is 0 Å². The summed E-state index contributed by atoms with van der Waals surface area (Å²) in [5, 5.41) is 1.44. The molecule has 0 aliphatic carbocycles. The first-order valence-corrected chi connectivity index (χ1v) is 6.17. The largest absolute Gasteiger partial charge is 0.453 e. The van der Waals surface area contributed by atoms with Crippen LogP contribution in [0.25, 0.3) is 11.0 Å². The lowest BCUT2D eigenvalue weighted by Gasteiger charge is -2.15. The van der Waals surface area contributed by atoms with Crippen LogP contribution in [-0.2, 0) is 4.74 Å². The van der Waals surface area contributed by atoms with E-state index in [1.807, 2.05) is 13.8 Å². The number of hydrogen-bond donors (Lipinski definition) is 0. The third-order valence-corrected chi connectivity index (χ3v) is 3.07. The van der Waals surface area contributed by atoms with Crippen molar-refractivity contribution in [3.8, 4) is 0 Å². The van der Waals surface area contributed by atoms with Crippen LogP contribution in [0.3, 0.4) is 0 Å². The zero-order valence-electron chi connectivity index (χ0n) is 10.6. The number of ether oxygens (including phenoxy) is 1. The van der Waals surface area contributed by atoms with Gasteiger partial charge in [0.05, 0.1) is 0 Å². The molecule has 0 fully saturated rings. The van der Waals surface area contributed by atoms with Crippen LogP contribution in [0.5, 0.6) is 0 Å². The normalized spacial score (nSPS) is 13.2. The Morgan fingerprint density at radius 2 is 2.06 bits per heavy atom. The number of furan rings is 1. The minimum Gasteiger partial charge on any atom is -0.453 e. The van der Waals surface area contributed by atoms with E-state index in [0.29, 0.717) is 16.4 Å². The van der Waals surface area contributed by atoms with Crippen LogP contribution in [0, 0.1) is 5.92 Å². The molecule has 0 saturated heterocycles. The highest BCUT2D eigenvalue weighted by Crippen LogP contribution is 2.25. The SMILES string of the molecule is COC(C(=O)c1cc2cc(Cl)ccc2o1)C(C)C. The second kappa shape index (κ2) is 5.12. The van der Waals surface area contributed by atoms with E-state index in [1.54, 1.807) is 24.3 Å². The van der Waals surface area contributed by atoms with Crippen molar-refractivity contribution in [1.82, 2.24) is 0 Å². The summed E-state index contributed by atoms with van der Waals surface area (Å²) in [5.41, 5.74) is 0.654. The second-order valence-electron chi connectivity index (χ2n) is 4.56. The van der Waals surface area contributed by atoms with Crippen molar-refractivity contribution in [2.45, 2.75) is 20.0 Å². The third kappa shape index (κ3) is 2.42. The molecular weight excluding hydrogens is 252 g/mol. The lowest BCUT2D eigenvalue weighted by Crippen LogP contribution is -2.28. The van der Waals surface area contributed by atoms with Crippen LogP contribution < -0.4 is 0 Å². The monoisotopic (exact) mass is 266 g/mol. The number of carbonyl (C=O) groups is 1. The van der Waals surface area contributed by atoms with Crippen molar-refractivity contribution in [1.29, 1.82) is 0 Å². The summed E-state index contributed by atoms with van der Waals surface area (Å²) in [4.78, 5) is 12.2. The number of halogens is 1. The molecular formula is C14H15ClO3. The Kier molecular flexibility index (Phi) is 3.73. The van der Waals surface area contributed by atoms with E-state index >= 15 is 0 Å². The minimum atomic E-state index is -0.485. The average Bonchev–Trinajstić information content (AvgIpc) is 2.72. The molecule has 0 radical (unpaired) electrons. The number of fused-ring (bicyclic) bond motifs is 1. The van der Waals surface area contributed by atoms with Crippen molar-refractivity contribution in [2.75, 3.05) is 7.11 Å². The molecule has 0 spiro atoms. The maximum Gasteiger partial charge on any atom is 0.226 e. The van der Waals surface area contributed by atoms with Crippen LogP contribution in [0.4, 0.5) is 0 Å². The molecule has 1 atom stereocenters. The Labute approximate surface area is 111 Å². The van der Waals surface area contributed by atoms with Gasteiger partial charge in [0.1, 0.15) is 11.7 Å². The predicted molar refractivity (Wildman–Crippen MR) is 71.2 cm³/mol. The highest BCUT2D eigenvalue weighted by Gasteiger charge is 2.25. The number of hydrogen-bond acceptors (Lipinski definition) is 3. The summed E-state index contributed by atoms with van der Waals surface area (Å²) in [6, 6.07) is 6.97. The first-order chi connectivity index (χ1) is 8.52. The van der Waals surface area contributed by atoms with Gasteiger partial charge in [-0.2, -0.15) is 0 Å². The van der Waals surface area contributed by atoms with Gasteiger partial charge >= 0.3 is 0 Å². The van der Waals surface area contributed by atoms with E-state index < -0.39 is 6.10 Å². The van der Waals surface area contributed by atoms with Crippen molar-refractivity contribution < 1.29 is 13.9 Å². The van der Waals surface area contributed by atoms with Crippen molar-refractivity contribution >= 4 is 28.4 Å². The van der Waals surface area contributed by atoms with Crippen LogP contribution >= 0.6 is 11.6 Å². The predicted octanol–water partition coefficient (Wildman–Crippen LogP) is 3.94. The lowest BCUT2D eigenvalue weighted by molar-refractivity contribution is 0.0435. The van der Waals surface area contributed by atoms with Gasteiger partial charge in [0.15, 0.2) is 5.76 Å². The summed E-state index contributed by atoms with van der Waals surface area (Å²) in [6.07, 6.45) is -0.485. The number of ketones is 1. The van der Waals surface area contributed by atoms with E-state index in [4.69, 9.17) is 20.8 Å². The molecule has 0 bridgehead atoms. The first-order valence-electron chi connectivity index (χ1n) is 5.79. The molecule has 18 heavy (non-hydrogen) atoms. The Bertz CT molecular complexity index is 571. The van der Waals surface area contributed by atoms with E-state index in [0.717, 1.165) is 5.39 Å². The lowest BCUT2D eigenvalue weighted by atomic mass is 10.0. The Balaban J connectivity index is 2.39. The fraction of sp³-hybridized carbons (Fsp3) is 0.357. The molecule has 3 nitrogen and oxygen atoms in total. The fourth-order valence-electron chi connectivity index (χ4n) is 1.96. The topological polar surface area (TPSA) is 39.4 Å². The molecule has 1 aromatic heterocycles. The van der Waals surface area contributed by atoms with Crippen LogP contribution in [0.1, 0.15) is 24.4 Å². The number of benzene rings is 1. The fourth-order valence-corrected chi connectivity index (χ4v) is 2.14. The van der Waals surface area contributed by atoms with Gasteiger partial charge in [0, 0.05) is 17.5 Å². The number of Topliss-reactive ketones (excluding diaryl/α,β-unsaturated/α-hetero) is 1. The summed E-state index contributed by atoms with van der Waals surface area (Å²) in [7, 11) is 1.53. The summed E-state index contributed by atoms with van der Waals surface area (Å²) >= 11 is 5.90. The average molecular weight is 267 g/mol. The molecule has 96 valence electrons. The van der Waals surface area contributed by atoms with Crippen molar-refractivity contribution in [2.24, 2.45) is 5.92 Å². The summed E-state index contributed by atoms with van der Waals surface area (Å²) < 4.78 is 10.7. The molecule has 2 rings (SSSR count). The molecule has 2 aromatic rings. The molecule has 1 heterocycles. The molecule has 4 heteroatoms. The molecule has 0 aliphatic heterocycles. The van der Waals surface area contributed by atoms with E-state index in [2.05, 4.69) is 0 Å².